The Kier molecular flexibility index (Phi) is 4.83. The highest BCUT2D eigenvalue weighted by Crippen LogP contribution is 2.23. The normalized spacial score (nSPS) is 14.1. The second-order valence-electron chi connectivity index (χ2n) is 4.16. The van der Waals surface area contributed by atoms with Crippen LogP contribution in [-0.4, -0.2) is 21.9 Å². The summed E-state index contributed by atoms with van der Waals surface area (Å²) in [6, 6.07) is 4.44. The summed E-state index contributed by atoms with van der Waals surface area (Å²) in [5.41, 5.74) is -0.0987. The Morgan fingerprint density at radius 1 is 1.59 bits per heavy atom. The monoisotopic (exact) mass is 319 g/mol. The third-order valence-electron chi connectivity index (χ3n) is 2.69. The number of rotatable bonds is 4. The highest BCUT2D eigenvalue weighted by atomic mass is 79.9. The van der Waals surface area contributed by atoms with Gasteiger partial charge in [-0.05, 0) is 31.5 Å². The van der Waals surface area contributed by atoms with Gasteiger partial charge in [-0.25, -0.2) is 0 Å². The lowest BCUT2D eigenvalue weighted by atomic mass is 10.0. The molecule has 1 rings (SSSR count). The van der Waals surface area contributed by atoms with Gasteiger partial charge in [-0.3, -0.25) is 4.79 Å². The minimum atomic E-state index is -0.330. The fourth-order valence-electron chi connectivity index (χ4n) is 1.25. The average molecular weight is 321 g/mol. The summed E-state index contributed by atoms with van der Waals surface area (Å²) in [7, 11) is 0. The van der Waals surface area contributed by atoms with Gasteiger partial charge in [0, 0.05) is 15.9 Å². The van der Waals surface area contributed by atoms with Gasteiger partial charge in [0.1, 0.15) is 5.75 Å². The second kappa shape index (κ2) is 5.74. The number of carbonyl (C=O) groups excluding carboxylic acids is 1. The van der Waals surface area contributed by atoms with Crippen LogP contribution in [0, 0.1) is 0 Å². The van der Waals surface area contributed by atoms with Crippen LogP contribution >= 0.6 is 27.5 Å². The van der Waals surface area contributed by atoms with Crippen LogP contribution in [0.5, 0.6) is 5.75 Å². The summed E-state index contributed by atoms with van der Waals surface area (Å²) in [4.78, 5) is 12.0. The van der Waals surface area contributed by atoms with Crippen molar-refractivity contribution in [2.45, 2.75) is 25.8 Å². The molecule has 1 amide bonds. The van der Waals surface area contributed by atoms with Gasteiger partial charge in [0.25, 0.3) is 5.91 Å². The van der Waals surface area contributed by atoms with Crippen molar-refractivity contribution < 1.29 is 9.90 Å². The number of phenols is 1. The van der Waals surface area contributed by atoms with E-state index in [0.29, 0.717) is 10.4 Å². The van der Waals surface area contributed by atoms with Gasteiger partial charge in [-0.1, -0.05) is 34.5 Å². The van der Waals surface area contributed by atoms with Crippen LogP contribution in [0.4, 0.5) is 0 Å². The van der Waals surface area contributed by atoms with Crippen LogP contribution < -0.4 is 5.32 Å². The highest BCUT2D eigenvalue weighted by Gasteiger charge is 2.24. The molecule has 1 unspecified atom stereocenters. The predicted octanol–water partition coefficient (Wildman–Crippen LogP) is 3.34. The fourth-order valence-corrected chi connectivity index (χ4v) is 1.96. The van der Waals surface area contributed by atoms with Gasteiger partial charge in [0.05, 0.1) is 5.56 Å². The topological polar surface area (TPSA) is 49.3 Å². The number of hydrogen-bond donors (Lipinski definition) is 2. The number of carbonyl (C=O) groups is 1. The van der Waals surface area contributed by atoms with E-state index in [2.05, 4.69) is 21.2 Å². The Balaban J connectivity index is 2.90. The van der Waals surface area contributed by atoms with Gasteiger partial charge < -0.3 is 10.4 Å². The maximum Gasteiger partial charge on any atom is 0.255 e. The number of nitrogens with one attached hydrogen (secondary N) is 1. The van der Waals surface area contributed by atoms with Crippen LogP contribution in [0.1, 0.15) is 30.6 Å². The molecule has 17 heavy (non-hydrogen) atoms. The maximum absolute atomic E-state index is 12.0. The standard InChI is InChI=1S/C12H15BrClNO2/c1-3-12(2,7-13)15-11(17)9-5-4-8(14)6-10(9)16/h4-6,16H,3,7H2,1-2H3,(H,15,17). The van der Waals surface area contributed by atoms with Gasteiger partial charge in [0.2, 0.25) is 0 Å². The lowest BCUT2D eigenvalue weighted by molar-refractivity contribution is 0.0910. The molecule has 0 heterocycles. The molecule has 0 aromatic heterocycles. The molecule has 0 aliphatic carbocycles. The van der Waals surface area contributed by atoms with Crippen molar-refractivity contribution >= 4 is 33.4 Å². The van der Waals surface area contributed by atoms with E-state index in [1.165, 1.54) is 12.1 Å². The van der Waals surface area contributed by atoms with E-state index in [1.807, 2.05) is 13.8 Å². The van der Waals surface area contributed by atoms with E-state index in [4.69, 9.17) is 11.6 Å². The molecule has 0 spiro atoms. The van der Waals surface area contributed by atoms with E-state index < -0.39 is 0 Å². The lowest BCUT2D eigenvalue weighted by Gasteiger charge is -2.27. The van der Waals surface area contributed by atoms with Crippen molar-refractivity contribution in [1.82, 2.24) is 5.32 Å². The molecule has 1 atom stereocenters. The minimum absolute atomic E-state index is 0.108. The second-order valence-corrected chi connectivity index (χ2v) is 5.16. The van der Waals surface area contributed by atoms with Crippen LogP contribution in [0.15, 0.2) is 18.2 Å². The maximum atomic E-state index is 12.0. The summed E-state index contributed by atoms with van der Waals surface area (Å²) in [5.74, 6) is -0.411. The number of hydrogen-bond acceptors (Lipinski definition) is 2. The number of amides is 1. The zero-order valence-corrected chi connectivity index (χ0v) is 12.1. The van der Waals surface area contributed by atoms with Crippen molar-refractivity contribution in [3.8, 4) is 5.75 Å². The molecule has 2 N–H and O–H groups in total. The lowest BCUT2D eigenvalue weighted by Crippen LogP contribution is -2.46. The van der Waals surface area contributed by atoms with Crippen molar-refractivity contribution in [2.24, 2.45) is 0 Å². The summed E-state index contributed by atoms with van der Waals surface area (Å²) in [6.07, 6.45) is 0.790. The molecule has 0 saturated carbocycles. The Morgan fingerprint density at radius 2 is 2.24 bits per heavy atom. The third-order valence-corrected chi connectivity index (χ3v) is 4.17. The quantitative estimate of drug-likeness (QED) is 0.836. The van der Waals surface area contributed by atoms with E-state index in [0.717, 1.165) is 6.42 Å². The molecule has 5 heteroatoms. The SMILES string of the molecule is CCC(C)(CBr)NC(=O)c1ccc(Cl)cc1O. The first-order valence-corrected chi connectivity index (χ1v) is 6.79. The highest BCUT2D eigenvalue weighted by molar-refractivity contribution is 9.09. The molecule has 0 fully saturated rings. The summed E-state index contributed by atoms with van der Waals surface area (Å²) < 4.78 is 0. The molecule has 1 aromatic carbocycles. The molecule has 0 aliphatic rings. The molecule has 1 aromatic rings. The van der Waals surface area contributed by atoms with Crippen molar-refractivity contribution in [1.29, 1.82) is 0 Å². The first-order valence-electron chi connectivity index (χ1n) is 5.29. The van der Waals surface area contributed by atoms with Crippen molar-refractivity contribution in [2.75, 3.05) is 5.33 Å². The van der Waals surface area contributed by atoms with E-state index in [1.54, 1.807) is 6.07 Å². The average Bonchev–Trinajstić information content (AvgIpc) is 2.28. The van der Waals surface area contributed by atoms with Crippen LogP contribution in [-0.2, 0) is 0 Å². The zero-order valence-electron chi connectivity index (χ0n) is 9.76. The molecule has 0 aliphatic heterocycles. The third kappa shape index (κ3) is 3.61. The van der Waals surface area contributed by atoms with Crippen LogP contribution in [0.25, 0.3) is 0 Å². The largest absolute Gasteiger partial charge is 0.507 e. The number of alkyl halides is 1. The number of benzene rings is 1. The zero-order chi connectivity index (χ0) is 13.1. The summed E-state index contributed by atoms with van der Waals surface area (Å²) >= 11 is 9.08. The first kappa shape index (κ1) is 14.3. The molecular weight excluding hydrogens is 305 g/mol. The molecule has 0 saturated heterocycles. The summed E-state index contributed by atoms with van der Waals surface area (Å²) in [5, 5.41) is 13.6. The first-order chi connectivity index (χ1) is 7.91. The van der Waals surface area contributed by atoms with Gasteiger partial charge in [-0.2, -0.15) is 0 Å². The number of halogens is 2. The van der Waals surface area contributed by atoms with Crippen LogP contribution in [0.3, 0.4) is 0 Å². The molecular formula is C12H15BrClNO2. The Morgan fingerprint density at radius 3 is 2.71 bits per heavy atom. The van der Waals surface area contributed by atoms with Crippen LogP contribution in [0.2, 0.25) is 5.02 Å². The van der Waals surface area contributed by atoms with Gasteiger partial charge >= 0.3 is 0 Å². The van der Waals surface area contributed by atoms with Gasteiger partial charge in [-0.15, -0.1) is 0 Å². The molecule has 94 valence electrons. The number of phenolic OH excluding ortho intramolecular Hbond substituents is 1. The Bertz CT molecular complexity index is 419. The van der Waals surface area contributed by atoms with E-state index >= 15 is 0 Å². The van der Waals surface area contributed by atoms with Crippen molar-refractivity contribution in [3.05, 3.63) is 28.8 Å². The molecule has 0 radical (unpaired) electrons. The van der Waals surface area contributed by atoms with E-state index in [9.17, 15) is 9.90 Å². The smallest absolute Gasteiger partial charge is 0.255 e. The van der Waals surface area contributed by atoms with E-state index in [-0.39, 0.29) is 22.8 Å². The predicted molar refractivity (Wildman–Crippen MR) is 73.1 cm³/mol. The fraction of sp³-hybridized carbons (Fsp3) is 0.417. The Hall–Kier alpha value is -0.740. The van der Waals surface area contributed by atoms with Gasteiger partial charge in [0.15, 0.2) is 0 Å². The number of aromatic hydroxyl groups is 1. The summed E-state index contributed by atoms with van der Waals surface area (Å²) in [6.45, 7) is 3.93. The Labute approximate surface area is 114 Å². The molecule has 3 nitrogen and oxygen atoms in total. The minimum Gasteiger partial charge on any atom is -0.507 e. The molecule has 0 bridgehead atoms. The van der Waals surface area contributed by atoms with Crippen molar-refractivity contribution in [3.63, 3.8) is 0 Å².